The Morgan fingerprint density at radius 1 is 1.27 bits per heavy atom. The molecule has 0 unspecified atom stereocenters. The molecule has 1 heterocycles. The summed E-state index contributed by atoms with van der Waals surface area (Å²) in [6, 6.07) is -1.07. The standard InChI is InChI=1S/C15H25NO6/c1-7-21-12(18)10-8-9(15(5,6)20)11(17)16(10)13(19)22-14(2,3)4/h9-10,20H,7-8H2,1-6H3/t9-,10+/m1/s1. The number of aliphatic hydroxyl groups is 1. The van der Waals surface area contributed by atoms with Crippen LogP contribution in [0.25, 0.3) is 0 Å². The number of hydrogen-bond donors (Lipinski definition) is 1. The van der Waals surface area contributed by atoms with Gasteiger partial charge in [-0.15, -0.1) is 0 Å². The summed E-state index contributed by atoms with van der Waals surface area (Å²) in [5, 5.41) is 10.1. The summed E-state index contributed by atoms with van der Waals surface area (Å²) in [6.07, 6.45) is -0.886. The van der Waals surface area contributed by atoms with Crippen molar-refractivity contribution in [3.8, 4) is 0 Å². The van der Waals surface area contributed by atoms with Gasteiger partial charge >= 0.3 is 12.1 Å². The molecule has 1 N–H and O–H groups in total. The molecule has 0 bridgehead atoms. The van der Waals surface area contributed by atoms with Crippen LogP contribution in [-0.2, 0) is 19.1 Å². The molecule has 1 saturated heterocycles. The predicted octanol–water partition coefficient (Wildman–Crippen LogP) is 1.47. The first kappa shape index (κ1) is 18.4. The van der Waals surface area contributed by atoms with Crippen LogP contribution in [-0.4, -0.2) is 51.8 Å². The molecule has 22 heavy (non-hydrogen) atoms. The van der Waals surface area contributed by atoms with Gasteiger partial charge in [-0.1, -0.05) is 0 Å². The third kappa shape index (κ3) is 4.19. The van der Waals surface area contributed by atoms with Crippen LogP contribution >= 0.6 is 0 Å². The van der Waals surface area contributed by atoms with Gasteiger partial charge in [-0.05, 0) is 48.0 Å². The van der Waals surface area contributed by atoms with Crippen molar-refractivity contribution < 1.29 is 29.0 Å². The van der Waals surface area contributed by atoms with Crippen LogP contribution in [0.5, 0.6) is 0 Å². The van der Waals surface area contributed by atoms with Gasteiger partial charge in [0.15, 0.2) is 0 Å². The summed E-state index contributed by atoms with van der Waals surface area (Å²) in [5.41, 5.74) is -2.15. The zero-order valence-electron chi connectivity index (χ0n) is 14.0. The Balaban J connectivity index is 3.09. The summed E-state index contributed by atoms with van der Waals surface area (Å²) in [4.78, 5) is 37.5. The minimum atomic E-state index is -1.35. The molecule has 0 saturated carbocycles. The molecule has 0 aromatic carbocycles. The lowest BCUT2D eigenvalue weighted by Crippen LogP contribution is -2.47. The number of amides is 2. The molecular formula is C15H25NO6. The van der Waals surface area contributed by atoms with Crippen LogP contribution in [0.15, 0.2) is 0 Å². The van der Waals surface area contributed by atoms with E-state index in [-0.39, 0.29) is 13.0 Å². The molecule has 0 spiro atoms. The van der Waals surface area contributed by atoms with Gasteiger partial charge in [0.25, 0.3) is 0 Å². The fourth-order valence-electron chi connectivity index (χ4n) is 2.31. The van der Waals surface area contributed by atoms with Crippen LogP contribution in [0, 0.1) is 5.92 Å². The molecular weight excluding hydrogens is 290 g/mol. The molecule has 1 aliphatic heterocycles. The first-order chi connectivity index (χ1) is 9.88. The number of hydrogen-bond acceptors (Lipinski definition) is 6. The van der Waals surface area contributed by atoms with E-state index in [9.17, 15) is 19.5 Å². The van der Waals surface area contributed by atoms with Crippen molar-refractivity contribution in [3.63, 3.8) is 0 Å². The second-order valence-electron chi connectivity index (χ2n) is 6.90. The van der Waals surface area contributed by atoms with E-state index >= 15 is 0 Å². The monoisotopic (exact) mass is 315 g/mol. The van der Waals surface area contributed by atoms with E-state index in [4.69, 9.17) is 9.47 Å². The van der Waals surface area contributed by atoms with Gasteiger partial charge < -0.3 is 14.6 Å². The van der Waals surface area contributed by atoms with Crippen molar-refractivity contribution in [2.75, 3.05) is 6.61 Å². The lowest BCUT2D eigenvalue weighted by molar-refractivity contribution is -0.151. The van der Waals surface area contributed by atoms with Crippen LogP contribution in [0.4, 0.5) is 4.79 Å². The average Bonchev–Trinajstić information content (AvgIpc) is 2.64. The molecule has 1 aliphatic rings. The van der Waals surface area contributed by atoms with Gasteiger partial charge in [0.1, 0.15) is 11.6 Å². The summed E-state index contributed by atoms with van der Waals surface area (Å²) in [5.74, 6) is -2.16. The topological polar surface area (TPSA) is 93.1 Å². The highest BCUT2D eigenvalue weighted by molar-refractivity contribution is 6.01. The number of carbonyl (C=O) groups excluding carboxylic acids is 3. The van der Waals surface area contributed by atoms with Crippen molar-refractivity contribution in [1.29, 1.82) is 0 Å². The lowest BCUT2D eigenvalue weighted by Gasteiger charge is -2.27. The number of ether oxygens (including phenoxy) is 2. The largest absolute Gasteiger partial charge is 0.464 e. The zero-order chi connectivity index (χ0) is 17.3. The molecule has 0 aromatic heterocycles. The van der Waals surface area contributed by atoms with Crippen molar-refractivity contribution in [2.45, 2.75) is 65.2 Å². The van der Waals surface area contributed by atoms with Gasteiger partial charge in [0.2, 0.25) is 5.91 Å². The predicted molar refractivity (Wildman–Crippen MR) is 77.9 cm³/mol. The van der Waals surface area contributed by atoms with Gasteiger partial charge in [-0.2, -0.15) is 0 Å². The number of carbonyl (C=O) groups is 3. The van der Waals surface area contributed by atoms with Crippen molar-refractivity contribution in [2.24, 2.45) is 5.92 Å². The van der Waals surface area contributed by atoms with Gasteiger partial charge in [-0.3, -0.25) is 4.79 Å². The molecule has 1 fully saturated rings. The van der Waals surface area contributed by atoms with Crippen LogP contribution < -0.4 is 0 Å². The third-order valence-electron chi connectivity index (χ3n) is 3.31. The molecule has 0 radical (unpaired) electrons. The molecule has 2 atom stereocenters. The lowest BCUT2D eigenvalue weighted by atomic mass is 9.88. The Kier molecular flexibility index (Phi) is 5.22. The van der Waals surface area contributed by atoms with Crippen LogP contribution in [0.2, 0.25) is 0 Å². The number of nitrogens with zero attached hydrogens (tertiary/aromatic N) is 1. The van der Waals surface area contributed by atoms with Gasteiger partial charge in [0.05, 0.1) is 18.1 Å². The Bertz CT molecular complexity index is 460. The Labute approximate surface area is 130 Å². The minimum Gasteiger partial charge on any atom is -0.464 e. The van der Waals surface area contributed by atoms with E-state index in [0.29, 0.717) is 0 Å². The molecule has 126 valence electrons. The third-order valence-corrected chi connectivity index (χ3v) is 3.31. The molecule has 2 amide bonds. The SMILES string of the molecule is CCOC(=O)[C@@H]1C[C@@H](C(C)(C)O)C(=O)N1C(=O)OC(C)(C)C. The average molecular weight is 315 g/mol. The van der Waals surface area contributed by atoms with E-state index in [1.165, 1.54) is 13.8 Å². The summed E-state index contributed by atoms with van der Waals surface area (Å²) < 4.78 is 10.1. The van der Waals surface area contributed by atoms with Gasteiger partial charge in [-0.25, -0.2) is 14.5 Å². The Hall–Kier alpha value is -1.63. The molecule has 0 aromatic rings. The van der Waals surface area contributed by atoms with Crippen molar-refractivity contribution >= 4 is 18.0 Å². The summed E-state index contributed by atoms with van der Waals surface area (Å²) >= 11 is 0. The van der Waals surface area contributed by atoms with Crippen molar-refractivity contribution in [1.82, 2.24) is 4.90 Å². The van der Waals surface area contributed by atoms with Gasteiger partial charge in [0, 0.05) is 0 Å². The van der Waals surface area contributed by atoms with E-state index in [0.717, 1.165) is 4.90 Å². The molecule has 7 nitrogen and oxygen atoms in total. The first-order valence-corrected chi connectivity index (χ1v) is 7.33. The van der Waals surface area contributed by atoms with E-state index < -0.39 is 41.1 Å². The highest BCUT2D eigenvalue weighted by atomic mass is 16.6. The minimum absolute atomic E-state index is 0.0143. The fourth-order valence-corrected chi connectivity index (χ4v) is 2.31. The first-order valence-electron chi connectivity index (χ1n) is 7.33. The van der Waals surface area contributed by atoms with E-state index in [2.05, 4.69) is 0 Å². The second kappa shape index (κ2) is 6.24. The van der Waals surface area contributed by atoms with Crippen molar-refractivity contribution in [3.05, 3.63) is 0 Å². The van der Waals surface area contributed by atoms with E-state index in [1.807, 2.05) is 0 Å². The molecule has 1 rings (SSSR count). The van der Waals surface area contributed by atoms with E-state index in [1.54, 1.807) is 27.7 Å². The quantitative estimate of drug-likeness (QED) is 0.793. The normalized spacial score (nSPS) is 22.7. The smallest absolute Gasteiger partial charge is 0.417 e. The number of esters is 1. The number of imide groups is 1. The fraction of sp³-hybridized carbons (Fsp3) is 0.800. The maximum absolute atomic E-state index is 12.5. The highest BCUT2D eigenvalue weighted by Crippen LogP contribution is 2.34. The maximum Gasteiger partial charge on any atom is 0.417 e. The summed E-state index contributed by atoms with van der Waals surface area (Å²) in [7, 11) is 0. The Morgan fingerprint density at radius 2 is 1.82 bits per heavy atom. The number of likely N-dealkylation sites (tertiary alicyclic amines) is 1. The number of rotatable bonds is 3. The summed E-state index contributed by atoms with van der Waals surface area (Å²) in [6.45, 7) is 9.71. The van der Waals surface area contributed by atoms with Crippen LogP contribution in [0.1, 0.15) is 48.0 Å². The maximum atomic E-state index is 12.5. The molecule has 0 aliphatic carbocycles. The Morgan fingerprint density at radius 3 is 2.23 bits per heavy atom. The van der Waals surface area contributed by atoms with Crippen LogP contribution in [0.3, 0.4) is 0 Å². The zero-order valence-corrected chi connectivity index (χ0v) is 14.0. The second-order valence-corrected chi connectivity index (χ2v) is 6.90. The molecule has 7 heteroatoms. The highest BCUT2D eigenvalue weighted by Gasteiger charge is 2.53.